The molecule has 0 fully saturated rings. The lowest BCUT2D eigenvalue weighted by Gasteiger charge is -2.13. The number of hydrogen-bond donors (Lipinski definition) is 1. The monoisotopic (exact) mass is 197 g/mol. The van der Waals surface area contributed by atoms with Crippen molar-refractivity contribution in [2.45, 2.75) is 39.2 Å². The smallest absolute Gasteiger partial charge is 0.163 e. The van der Waals surface area contributed by atoms with Crippen LogP contribution in [0.4, 0.5) is 0 Å². The minimum atomic E-state index is 0.220. The van der Waals surface area contributed by atoms with Gasteiger partial charge in [0, 0.05) is 24.6 Å². The van der Waals surface area contributed by atoms with Crippen LogP contribution in [-0.2, 0) is 9.53 Å². The number of rotatable bonds is 5. The van der Waals surface area contributed by atoms with Crippen molar-refractivity contribution in [1.29, 1.82) is 0 Å². The minimum Gasteiger partial charge on any atom is -0.501 e. The highest BCUT2D eigenvalue weighted by molar-refractivity contribution is 5.95. The van der Waals surface area contributed by atoms with E-state index in [0.717, 1.165) is 31.6 Å². The Morgan fingerprint density at radius 1 is 1.64 bits per heavy atom. The first-order valence-electron chi connectivity index (χ1n) is 5.27. The van der Waals surface area contributed by atoms with Crippen LogP contribution in [0.25, 0.3) is 0 Å². The topological polar surface area (TPSA) is 38.3 Å². The quantitative estimate of drug-likeness (QED) is 0.728. The van der Waals surface area contributed by atoms with Gasteiger partial charge in [0.2, 0.25) is 0 Å². The fraction of sp³-hybridized carbons (Fsp3) is 0.727. The Balaban J connectivity index is 2.24. The van der Waals surface area contributed by atoms with E-state index < -0.39 is 0 Å². The molecule has 0 saturated heterocycles. The third-order valence-corrected chi connectivity index (χ3v) is 2.20. The normalized spacial score (nSPS) is 16.4. The first-order chi connectivity index (χ1) is 6.70. The first kappa shape index (κ1) is 11.2. The molecular weight excluding hydrogens is 178 g/mol. The van der Waals surface area contributed by atoms with Crippen molar-refractivity contribution in [2.24, 2.45) is 0 Å². The Hall–Kier alpha value is -0.830. The van der Waals surface area contributed by atoms with E-state index in [1.807, 2.05) is 0 Å². The van der Waals surface area contributed by atoms with Crippen LogP contribution in [0.2, 0.25) is 0 Å². The van der Waals surface area contributed by atoms with Gasteiger partial charge in [-0.25, -0.2) is 0 Å². The maximum Gasteiger partial charge on any atom is 0.163 e. The molecule has 3 nitrogen and oxygen atoms in total. The molecule has 0 radical (unpaired) electrons. The molecule has 0 spiro atoms. The van der Waals surface area contributed by atoms with Crippen molar-refractivity contribution < 1.29 is 9.53 Å². The summed E-state index contributed by atoms with van der Waals surface area (Å²) >= 11 is 0. The number of nitrogens with one attached hydrogen (secondary N) is 1. The van der Waals surface area contributed by atoms with E-state index in [1.54, 1.807) is 6.26 Å². The molecule has 0 atom stereocenters. The second-order valence-electron chi connectivity index (χ2n) is 3.90. The molecule has 0 bridgehead atoms. The molecule has 1 aliphatic rings. The maximum atomic E-state index is 11.6. The average Bonchev–Trinajstić information content (AvgIpc) is 2.18. The van der Waals surface area contributed by atoms with Crippen molar-refractivity contribution >= 4 is 5.78 Å². The van der Waals surface area contributed by atoms with E-state index in [4.69, 9.17) is 4.74 Å². The molecule has 1 heterocycles. The number of hydrogen-bond acceptors (Lipinski definition) is 3. The summed E-state index contributed by atoms with van der Waals surface area (Å²) in [6.45, 7) is 5.66. The molecule has 1 rings (SSSR count). The zero-order chi connectivity index (χ0) is 10.4. The van der Waals surface area contributed by atoms with E-state index in [9.17, 15) is 4.79 Å². The van der Waals surface area contributed by atoms with Gasteiger partial charge in [-0.15, -0.1) is 0 Å². The molecule has 0 unspecified atom stereocenters. The molecule has 1 N–H and O–H groups in total. The molecule has 0 aromatic carbocycles. The summed E-state index contributed by atoms with van der Waals surface area (Å²) in [5.41, 5.74) is 0.849. The molecule has 0 aromatic heterocycles. The van der Waals surface area contributed by atoms with Crippen LogP contribution >= 0.6 is 0 Å². The van der Waals surface area contributed by atoms with Gasteiger partial charge >= 0.3 is 0 Å². The highest BCUT2D eigenvalue weighted by Crippen LogP contribution is 2.13. The first-order valence-corrected chi connectivity index (χ1v) is 5.27. The second-order valence-corrected chi connectivity index (χ2v) is 3.90. The molecule has 0 amide bonds. The third-order valence-electron chi connectivity index (χ3n) is 2.20. The Kier molecular flexibility index (Phi) is 4.66. The number of carbonyl (C=O) groups excluding carboxylic acids is 1. The van der Waals surface area contributed by atoms with Crippen LogP contribution in [0.15, 0.2) is 11.8 Å². The lowest BCUT2D eigenvalue weighted by atomic mass is 10.0. The van der Waals surface area contributed by atoms with Crippen LogP contribution < -0.4 is 5.32 Å². The SMILES string of the molecule is CC(C)NCCC(=O)C1=COCCC1. The van der Waals surface area contributed by atoms with Gasteiger partial charge in [-0.3, -0.25) is 4.79 Å². The van der Waals surface area contributed by atoms with Crippen LogP contribution in [0.3, 0.4) is 0 Å². The van der Waals surface area contributed by atoms with Gasteiger partial charge < -0.3 is 10.1 Å². The number of carbonyl (C=O) groups is 1. The van der Waals surface area contributed by atoms with E-state index in [-0.39, 0.29) is 5.78 Å². The van der Waals surface area contributed by atoms with E-state index in [2.05, 4.69) is 19.2 Å². The summed E-state index contributed by atoms with van der Waals surface area (Å²) in [5.74, 6) is 0.220. The molecular formula is C11H19NO2. The standard InChI is InChI=1S/C11H19NO2/c1-9(2)12-6-5-11(13)10-4-3-7-14-8-10/h8-9,12H,3-7H2,1-2H3. The lowest BCUT2D eigenvalue weighted by Crippen LogP contribution is -2.26. The number of ketones is 1. The van der Waals surface area contributed by atoms with Gasteiger partial charge in [-0.2, -0.15) is 0 Å². The zero-order valence-corrected chi connectivity index (χ0v) is 9.01. The van der Waals surface area contributed by atoms with Crippen LogP contribution in [0, 0.1) is 0 Å². The average molecular weight is 197 g/mol. The van der Waals surface area contributed by atoms with E-state index >= 15 is 0 Å². The molecule has 0 aromatic rings. The largest absolute Gasteiger partial charge is 0.501 e. The summed E-state index contributed by atoms with van der Waals surface area (Å²) in [6, 6.07) is 0.444. The summed E-state index contributed by atoms with van der Waals surface area (Å²) in [5, 5.41) is 3.23. The second kappa shape index (κ2) is 5.81. The summed E-state index contributed by atoms with van der Waals surface area (Å²) < 4.78 is 5.13. The predicted octanol–water partition coefficient (Wildman–Crippen LogP) is 1.64. The zero-order valence-electron chi connectivity index (χ0n) is 9.01. The van der Waals surface area contributed by atoms with Gasteiger partial charge in [0.25, 0.3) is 0 Å². The predicted molar refractivity (Wildman–Crippen MR) is 56.0 cm³/mol. The molecule has 80 valence electrons. The van der Waals surface area contributed by atoms with E-state index in [0.29, 0.717) is 12.5 Å². The number of ether oxygens (including phenoxy) is 1. The van der Waals surface area contributed by atoms with E-state index in [1.165, 1.54) is 0 Å². The lowest BCUT2D eigenvalue weighted by molar-refractivity contribution is -0.116. The van der Waals surface area contributed by atoms with Gasteiger partial charge in [-0.05, 0) is 12.8 Å². The molecule has 3 heteroatoms. The third kappa shape index (κ3) is 3.92. The Morgan fingerprint density at radius 2 is 2.43 bits per heavy atom. The highest BCUT2D eigenvalue weighted by atomic mass is 16.5. The maximum absolute atomic E-state index is 11.6. The van der Waals surface area contributed by atoms with Crippen molar-refractivity contribution in [3.8, 4) is 0 Å². The molecule has 0 aliphatic carbocycles. The van der Waals surface area contributed by atoms with Gasteiger partial charge in [0.1, 0.15) is 0 Å². The van der Waals surface area contributed by atoms with Crippen molar-refractivity contribution in [1.82, 2.24) is 5.32 Å². The summed E-state index contributed by atoms with van der Waals surface area (Å²) in [4.78, 5) is 11.6. The van der Waals surface area contributed by atoms with Gasteiger partial charge in [0.15, 0.2) is 5.78 Å². The summed E-state index contributed by atoms with van der Waals surface area (Å²) in [6.07, 6.45) is 4.05. The fourth-order valence-electron chi connectivity index (χ4n) is 1.40. The van der Waals surface area contributed by atoms with Crippen molar-refractivity contribution in [3.05, 3.63) is 11.8 Å². The number of allylic oxidation sites excluding steroid dienone is 1. The highest BCUT2D eigenvalue weighted by Gasteiger charge is 2.12. The minimum absolute atomic E-state index is 0.220. The Labute approximate surface area is 85.5 Å². The Morgan fingerprint density at radius 3 is 3.00 bits per heavy atom. The van der Waals surface area contributed by atoms with Crippen LogP contribution in [0.5, 0.6) is 0 Å². The van der Waals surface area contributed by atoms with Crippen molar-refractivity contribution in [3.63, 3.8) is 0 Å². The van der Waals surface area contributed by atoms with Gasteiger partial charge in [-0.1, -0.05) is 13.8 Å². The van der Waals surface area contributed by atoms with Gasteiger partial charge in [0.05, 0.1) is 12.9 Å². The fourth-order valence-corrected chi connectivity index (χ4v) is 1.40. The van der Waals surface area contributed by atoms with Crippen LogP contribution in [-0.4, -0.2) is 25.0 Å². The molecule has 14 heavy (non-hydrogen) atoms. The molecule has 0 saturated carbocycles. The Bertz CT molecular complexity index is 221. The number of Topliss-reactive ketones (excluding diaryl/α,β-unsaturated/α-hetero) is 1. The van der Waals surface area contributed by atoms with Crippen molar-refractivity contribution in [2.75, 3.05) is 13.2 Å². The molecule has 1 aliphatic heterocycles. The summed E-state index contributed by atoms with van der Waals surface area (Å²) in [7, 11) is 0. The van der Waals surface area contributed by atoms with Crippen LogP contribution in [0.1, 0.15) is 33.1 Å².